The summed E-state index contributed by atoms with van der Waals surface area (Å²) in [5.41, 5.74) is -0.280. The Bertz CT molecular complexity index is 873. The van der Waals surface area contributed by atoms with Gasteiger partial charge in [-0.05, 0) is 25.0 Å². The molecule has 0 saturated carbocycles. The molecule has 2 aromatic rings. The van der Waals surface area contributed by atoms with Crippen LogP contribution in [-0.2, 0) is 15.7 Å². The second-order valence-corrected chi connectivity index (χ2v) is 6.00. The molecule has 0 spiro atoms. The van der Waals surface area contributed by atoms with E-state index in [-0.39, 0.29) is 23.7 Å². The Morgan fingerprint density at radius 1 is 1.30 bits per heavy atom. The Morgan fingerprint density at radius 2 is 2.04 bits per heavy atom. The van der Waals surface area contributed by atoms with Gasteiger partial charge in [-0.3, -0.25) is 0 Å². The number of anilines is 1. The molecule has 0 amide bonds. The average molecular weight is 380 g/mol. The molecule has 1 aromatic heterocycles. The second-order valence-electron chi connectivity index (χ2n) is 6.00. The van der Waals surface area contributed by atoms with E-state index < -0.39 is 23.8 Å². The molecule has 0 bridgehead atoms. The van der Waals surface area contributed by atoms with Gasteiger partial charge in [-0.25, -0.2) is 9.48 Å². The minimum absolute atomic E-state index is 0.0742. The van der Waals surface area contributed by atoms with Gasteiger partial charge in [0.1, 0.15) is 12.4 Å². The highest BCUT2D eigenvalue weighted by atomic mass is 19.4. The molecule has 1 N–H and O–H groups in total. The number of alkyl halides is 3. The molecule has 1 aliphatic heterocycles. The van der Waals surface area contributed by atoms with Crippen molar-refractivity contribution < 1.29 is 22.7 Å². The van der Waals surface area contributed by atoms with Crippen molar-refractivity contribution in [3.63, 3.8) is 0 Å². The highest BCUT2D eigenvalue weighted by Crippen LogP contribution is 2.42. The van der Waals surface area contributed by atoms with Gasteiger partial charge in [-0.15, -0.1) is 0 Å². The summed E-state index contributed by atoms with van der Waals surface area (Å²) in [6, 6.07) is 4.09. The lowest BCUT2D eigenvalue weighted by Crippen LogP contribution is -2.31. The molecular weight excluding hydrogens is 361 g/mol. The number of nitrogens with zero attached hydrogens (tertiary/aromatic N) is 3. The molecule has 1 atom stereocenters. The molecular formula is C18H19F3N4O2. The number of carbonyl (C=O) groups excluding carboxylic acids is 1. The van der Waals surface area contributed by atoms with Crippen molar-refractivity contribution in [2.24, 2.45) is 0 Å². The number of nitrogens with one attached hydrogen (secondary N) is 1. The Hall–Kier alpha value is -2.84. The van der Waals surface area contributed by atoms with Crippen LogP contribution in [0.3, 0.4) is 0 Å². The molecule has 0 fully saturated rings. The first kappa shape index (κ1) is 18.9. The number of rotatable bonds is 5. The minimum Gasteiger partial charge on any atom is -0.463 e. The number of ether oxygens (including phenoxy) is 1. The summed E-state index contributed by atoms with van der Waals surface area (Å²) in [6.07, 6.45) is -2.19. The van der Waals surface area contributed by atoms with Crippen LogP contribution in [0.2, 0.25) is 0 Å². The predicted octanol–water partition coefficient (Wildman–Crippen LogP) is 3.93. The smallest absolute Gasteiger partial charge is 0.416 e. The Morgan fingerprint density at radius 3 is 2.70 bits per heavy atom. The quantitative estimate of drug-likeness (QED) is 0.796. The van der Waals surface area contributed by atoms with E-state index in [0.717, 1.165) is 6.07 Å². The van der Waals surface area contributed by atoms with Crippen molar-refractivity contribution >= 4 is 11.9 Å². The second kappa shape index (κ2) is 7.42. The van der Waals surface area contributed by atoms with Crippen LogP contribution in [0, 0.1) is 0 Å². The first-order valence-electron chi connectivity index (χ1n) is 8.61. The molecule has 6 nitrogen and oxygen atoms in total. The van der Waals surface area contributed by atoms with Crippen LogP contribution in [-0.4, -0.2) is 27.3 Å². The van der Waals surface area contributed by atoms with Crippen LogP contribution in [0.25, 0.3) is 0 Å². The summed E-state index contributed by atoms with van der Waals surface area (Å²) < 4.78 is 47.3. The monoisotopic (exact) mass is 380 g/mol. The van der Waals surface area contributed by atoms with Crippen LogP contribution in [0.4, 0.5) is 19.1 Å². The number of hydrogen-bond acceptors (Lipinski definition) is 5. The molecule has 2 heterocycles. The van der Waals surface area contributed by atoms with E-state index in [4.69, 9.17) is 4.74 Å². The molecule has 144 valence electrons. The van der Waals surface area contributed by atoms with Gasteiger partial charge < -0.3 is 10.1 Å². The Labute approximate surface area is 154 Å². The van der Waals surface area contributed by atoms with Crippen molar-refractivity contribution in [2.45, 2.75) is 38.9 Å². The number of esters is 1. The normalized spacial score (nSPS) is 16.7. The molecule has 0 saturated heterocycles. The zero-order chi connectivity index (χ0) is 19.6. The van der Waals surface area contributed by atoms with E-state index >= 15 is 0 Å². The van der Waals surface area contributed by atoms with Gasteiger partial charge in [-0.2, -0.15) is 23.3 Å². The summed E-state index contributed by atoms with van der Waals surface area (Å²) in [5.74, 6) is -0.384. The Balaban J connectivity index is 2.26. The molecule has 3 rings (SSSR count). The number of fused-ring (bicyclic) bond motifs is 1. The number of hydrogen-bond donors (Lipinski definition) is 1. The summed E-state index contributed by atoms with van der Waals surface area (Å²) in [4.78, 5) is 16.8. The van der Waals surface area contributed by atoms with Crippen LogP contribution >= 0.6 is 0 Å². The number of benzene rings is 1. The minimum atomic E-state index is -4.58. The molecule has 27 heavy (non-hydrogen) atoms. The molecule has 1 aliphatic rings. The molecule has 9 heteroatoms. The zero-order valence-corrected chi connectivity index (χ0v) is 14.9. The van der Waals surface area contributed by atoms with Gasteiger partial charge in [0.2, 0.25) is 5.95 Å². The lowest BCUT2D eigenvalue weighted by Gasteiger charge is -2.30. The fourth-order valence-electron chi connectivity index (χ4n) is 3.19. The van der Waals surface area contributed by atoms with Crippen molar-refractivity contribution in [3.05, 3.63) is 53.0 Å². The standard InChI is InChI=1S/C18H19F3N4O2/c1-3-7-13-14(16(26)27-4-2)15(25-17(24-13)22-10-23-25)11-8-5-6-9-12(11)18(19,20)21/h5-6,8-10,15H,3-4,7H2,1-2H3,(H,22,23,24)/t15-/m0/s1. The number of allylic oxidation sites excluding steroid dienone is 1. The number of carbonyl (C=O) groups is 1. The zero-order valence-electron chi connectivity index (χ0n) is 14.9. The molecule has 1 aromatic carbocycles. The van der Waals surface area contributed by atoms with Gasteiger partial charge in [0.15, 0.2) is 0 Å². The maximum absolute atomic E-state index is 13.6. The van der Waals surface area contributed by atoms with E-state index in [0.29, 0.717) is 18.5 Å². The molecule has 0 unspecified atom stereocenters. The van der Waals surface area contributed by atoms with Gasteiger partial charge in [-0.1, -0.05) is 31.5 Å². The summed E-state index contributed by atoms with van der Waals surface area (Å²) in [7, 11) is 0. The van der Waals surface area contributed by atoms with Crippen LogP contribution in [0.5, 0.6) is 0 Å². The first-order chi connectivity index (χ1) is 12.9. The highest BCUT2D eigenvalue weighted by molar-refractivity contribution is 5.92. The summed E-state index contributed by atoms with van der Waals surface area (Å²) in [6.45, 7) is 3.67. The van der Waals surface area contributed by atoms with Gasteiger partial charge in [0.05, 0.1) is 17.7 Å². The maximum Gasteiger partial charge on any atom is 0.416 e. The van der Waals surface area contributed by atoms with Gasteiger partial charge in [0.25, 0.3) is 0 Å². The molecule has 0 radical (unpaired) electrons. The highest BCUT2D eigenvalue weighted by Gasteiger charge is 2.41. The topological polar surface area (TPSA) is 69.0 Å². The van der Waals surface area contributed by atoms with Crippen LogP contribution in [0.1, 0.15) is 43.9 Å². The van der Waals surface area contributed by atoms with Crippen molar-refractivity contribution in [3.8, 4) is 0 Å². The van der Waals surface area contributed by atoms with Crippen molar-refractivity contribution in [2.75, 3.05) is 11.9 Å². The van der Waals surface area contributed by atoms with E-state index in [9.17, 15) is 18.0 Å². The van der Waals surface area contributed by atoms with E-state index in [1.54, 1.807) is 6.92 Å². The number of aromatic nitrogens is 3. The average Bonchev–Trinajstić information content (AvgIpc) is 3.08. The fourth-order valence-corrected chi connectivity index (χ4v) is 3.19. The lowest BCUT2D eigenvalue weighted by molar-refractivity contribution is -0.141. The van der Waals surface area contributed by atoms with E-state index in [2.05, 4.69) is 15.4 Å². The van der Waals surface area contributed by atoms with Gasteiger partial charge in [0, 0.05) is 5.70 Å². The molecule has 0 aliphatic carbocycles. The third-order valence-electron chi connectivity index (χ3n) is 4.24. The third-order valence-corrected chi connectivity index (χ3v) is 4.24. The van der Waals surface area contributed by atoms with E-state index in [1.165, 1.54) is 29.2 Å². The Kier molecular flexibility index (Phi) is 5.20. The summed E-state index contributed by atoms with van der Waals surface area (Å²) >= 11 is 0. The lowest BCUT2D eigenvalue weighted by atomic mass is 9.90. The first-order valence-corrected chi connectivity index (χ1v) is 8.61. The van der Waals surface area contributed by atoms with Gasteiger partial charge >= 0.3 is 12.1 Å². The SMILES string of the molecule is CCCC1=C(C(=O)OCC)[C@H](c2ccccc2C(F)(F)F)n2ncnc2N1. The van der Waals surface area contributed by atoms with E-state index in [1.807, 2.05) is 6.92 Å². The summed E-state index contributed by atoms with van der Waals surface area (Å²) in [5, 5.41) is 7.07. The predicted molar refractivity (Wildman–Crippen MR) is 91.8 cm³/mol. The fraction of sp³-hybridized carbons (Fsp3) is 0.389. The van der Waals surface area contributed by atoms with Crippen LogP contribution < -0.4 is 5.32 Å². The van der Waals surface area contributed by atoms with Crippen LogP contribution in [0.15, 0.2) is 41.9 Å². The largest absolute Gasteiger partial charge is 0.463 e. The van der Waals surface area contributed by atoms with Crippen molar-refractivity contribution in [1.82, 2.24) is 14.8 Å². The van der Waals surface area contributed by atoms with Crippen molar-refractivity contribution in [1.29, 1.82) is 0 Å². The number of halogens is 3. The maximum atomic E-state index is 13.6. The third kappa shape index (κ3) is 3.54.